The lowest BCUT2D eigenvalue weighted by Crippen LogP contribution is -2.23. The number of nitrogens with one attached hydrogen (secondary N) is 1. The summed E-state index contributed by atoms with van der Waals surface area (Å²) in [5, 5.41) is 11.7. The molecular formula is C18H17N3O2. The van der Waals surface area contributed by atoms with Gasteiger partial charge in [0.2, 0.25) is 0 Å². The predicted molar refractivity (Wildman–Crippen MR) is 84.7 cm³/mol. The van der Waals surface area contributed by atoms with E-state index in [1.54, 1.807) is 18.3 Å². The Balaban J connectivity index is 1.66. The molecule has 1 saturated heterocycles. The van der Waals surface area contributed by atoms with Crippen molar-refractivity contribution >= 4 is 5.91 Å². The molecule has 1 atom stereocenters. The molecule has 0 saturated carbocycles. The molecular weight excluding hydrogens is 290 g/mol. The van der Waals surface area contributed by atoms with E-state index in [2.05, 4.69) is 10.3 Å². The zero-order valence-corrected chi connectivity index (χ0v) is 12.7. The molecule has 5 nitrogen and oxygen atoms in total. The van der Waals surface area contributed by atoms with Crippen LogP contribution in [0.4, 0.5) is 0 Å². The van der Waals surface area contributed by atoms with Crippen molar-refractivity contribution in [3.05, 3.63) is 65.0 Å². The van der Waals surface area contributed by atoms with Crippen molar-refractivity contribution in [2.24, 2.45) is 0 Å². The Hall–Kier alpha value is -2.71. The lowest BCUT2D eigenvalue weighted by atomic mass is 9.96. The molecule has 1 fully saturated rings. The summed E-state index contributed by atoms with van der Waals surface area (Å²) in [6.45, 7) is 1.87. The minimum absolute atomic E-state index is 0.124. The summed E-state index contributed by atoms with van der Waals surface area (Å²) >= 11 is 0. The largest absolute Gasteiger partial charge is 0.381 e. The fourth-order valence-electron chi connectivity index (χ4n) is 2.66. The molecule has 3 rings (SSSR count). The van der Waals surface area contributed by atoms with E-state index in [1.165, 1.54) is 0 Å². The number of carbonyl (C=O) groups excluding carboxylic acids is 1. The molecule has 1 aliphatic rings. The minimum atomic E-state index is -0.124. The highest BCUT2D eigenvalue weighted by atomic mass is 16.5. The Kier molecular flexibility index (Phi) is 4.65. The van der Waals surface area contributed by atoms with Crippen LogP contribution in [0.15, 0.2) is 42.6 Å². The van der Waals surface area contributed by atoms with Gasteiger partial charge in [-0.3, -0.25) is 4.79 Å². The first-order valence-corrected chi connectivity index (χ1v) is 7.57. The van der Waals surface area contributed by atoms with E-state index < -0.39 is 0 Å². The van der Waals surface area contributed by atoms with Gasteiger partial charge in [-0.2, -0.15) is 5.26 Å². The summed E-state index contributed by atoms with van der Waals surface area (Å²) in [7, 11) is 0. The van der Waals surface area contributed by atoms with Gasteiger partial charge in [-0.15, -0.1) is 0 Å². The predicted octanol–water partition coefficient (Wildman–Crippen LogP) is 2.39. The number of amides is 1. The summed E-state index contributed by atoms with van der Waals surface area (Å²) in [6.07, 6.45) is 2.57. The monoisotopic (exact) mass is 307 g/mol. The quantitative estimate of drug-likeness (QED) is 0.941. The molecule has 116 valence electrons. The van der Waals surface area contributed by atoms with Gasteiger partial charge in [-0.25, -0.2) is 4.98 Å². The summed E-state index contributed by atoms with van der Waals surface area (Å²) in [6, 6.07) is 13.1. The second kappa shape index (κ2) is 7.03. The van der Waals surface area contributed by atoms with Crippen molar-refractivity contribution in [1.82, 2.24) is 10.3 Å². The summed E-state index contributed by atoms with van der Waals surface area (Å²) in [5.74, 6) is 0.252. The molecule has 1 aromatic heterocycles. The maximum absolute atomic E-state index is 12.3. The van der Waals surface area contributed by atoms with Gasteiger partial charge in [-0.05, 0) is 41.8 Å². The van der Waals surface area contributed by atoms with Gasteiger partial charge in [0.15, 0.2) is 0 Å². The number of ether oxygens (including phenoxy) is 1. The molecule has 2 aromatic rings. The molecule has 1 amide bonds. The number of carbonyl (C=O) groups is 1. The second-order valence-corrected chi connectivity index (χ2v) is 5.53. The molecule has 1 N–H and O–H groups in total. The summed E-state index contributed by atoms with van der Waals surface area (Å²) in [4.78, 5) is 16.2. The fourth-order valence-corrected chi connectivity index (χ4v) is 2.66. The van der Waals surface area contributed by atoms with Crippen LogP contribution in [0.25, 0.3) is 0 Å². The molecule has 1 aliphatic heterocycles. The van der Waals surface area contributed by atoms with Gasteiger partial charge < -0.3 is 10.1 Å². The number of nitriles is 1. The van der Waals surface area contributed by atoms with E-state index in [4.69, 9.17) is 10.00 Å². The van der Waals surface area contributed by atoms with Gasteiger partial charge in [0.05, 0.1) is 6.61 Å². The minimum Gasteiger partial charge on any atom is -0.381 e. The van der Waals surface area contributed by atoms with Crippen LogP contribution >= 0.6 is 0 Å². The van der Waals surface area contributed by atoms with E-state index in [0.29, 0.717) is 23.7 Å². The molecule has 0 aliphatic carbocycles. The second-order valence-electron chi connectivity index (χ2n) is 5.53. The van der Waals surface area contributed by atoms with Crippen LogP contribution in [0.5, 0.6) is 0 Å². The van der Waals surface area contributed by atoms with Gasteiger partial charge in [0.1, 0.15) is 11.8 Å². The molecule has 5 heteroatoms. The Bertz CT molecular complexity index is 746. The Morgan fingerprint density at radius 2 is 2.30 bits per heavy atom. The zero-order valence-electron chi connectivity index (χ0n) is 12.7. The van der Waals surface area contributed by atoms with Crippen LogP contribution in [-0.2, 0) is 11.3 Å². The van der Waals surface area contributed by atoms with E-state index in [9.17, 15) is 4.79 Å². The zero-order chi connectivity index (χ0) is 16.1. The number of hydrogen-bond acceptors (Lipinski definition) is 4. The summed E-state index contributed by atoms with van der Waals surface area (Å²) in [5.41, 5.74) is 2.99. The molecule has 1 unspecified atom stereocenters. The smallest absolute Gasteiger partial charge is 0.251 e. The number of aromatic nitrogens is 1. The standard InChI is InChI=1S/C18H17N3O2/c19-10-17-8-13(4-6-20-17)11-21-18(22)15-3-1-2-14(9-15)16-5-7-23-12-16/h1-4,6,8-9,16H,5,7,11-12H2,(H,21,22). The first-order chi connectivity index (χ1) is 11.3. The van der Waals surface area contributed by atoms with Gasteiger partial charge >= 0.3 is 0 Å². The number of benzene rings is 1. The Labute approximate surface area is 134 Å². The first kappa shape index (κ1) is 15.2. The van der Waals surface area contributed by atoms with E-state index in [0.717, 1.165) is 30.8 Å². The third-order valence-electron chi connectivity index (χ3n) is 3.94. The number of hydrogen-bond donors (Lipinski definition) is 1. The van der Waals surface area contributed by atoms with Crippen molar-refractivity contribution in [3.8, 4) is 6.07 Å². The van der Waals surface area contributed by atoms with Crippen LogP contribution in [0, 0.1) is 11.3 Å². The number of rotatable bonds is 4. The van der Waals surface area contributed by atoms with Crippen molar-refractivity contribution in [2.75, 3.05) is 13.2 Å². The highest BCUT2D eigenvalue weighted by molar-refractivity contribution is 5.94. The molecule has 2 heterocycles. The van der Waals surface area contributed by atoms with Gasteiger partial charge in [-0.1, -0.05) is 12.1 Å². The van der Waals surface area contributed by atoms with Crippen LogP contribution < -0.4 is 5.32 Å². The average molecular weight is 307 g/mol. The Morgan fingerprint density at radius 1 is 1.39 bits per heavy atom. The average Bonchev–Trinajstić information content (AvgIpc) is 3.14. The van der Waals surface area contributed by atoms with Crippen LogP contribution in [0.1, 0.15) is 39.5 Å². The molecule has 0 bridgehead atoms. The van der Waals surface area contributed by atoms with Crippen molar-refractivity contribution < 1.29 is 9.53 Å². The topological polar surface area (TPSA) is 75.0 Å². The van der Waals surface area contributed by atoms with Crippen molar-refractivity contribution in [1.29, 1.82) is 5.26 Å². The fraction of sp³-hybridized carbons (Fsp3) is 0.278. The first-order valence-electron chi connectivity index (χ1n) is 7.57. The highest BCUT2D eigenvalue weighted by Gasteiger charge is 2.18. The van der Waals surface area contributed by atoms with E-state index in [-0.39, 0.29) is 5.91 Å². The molecule has 0 spiro atoms. The maximum Gasteiger partial charge on any atom is 0.251 e. The molecule has 23 heavy (non-hydrogen) atoms. The number of pyridine rings is 1. The lowest BCUT2D eigenvalue weighted by molar-refractivity contribution is 0.0950. The van der Waals surface area contributed by atoms with E-state index in [1.807, 2.05) is 30.3 Å². The normalized spacial score (nSPS) is 16.7. The van der Waals surface area contributed by atoms with Crippen molar-refractivity contribution in [2.45, 2.75) is 18.9 Å². The number of nitrogens with zero attached hydrogens (tertiary/aromatic N) is 2. The molecule has 0 radical (unpaired) electrons. The van der Waals surface area contributed by atoms with E-state index >= 15 is 0 Å². The summed E-state index contributed by atoms with van der Waals surface area (Å²) < 4.78 is 5.41. The Morgan fingerprint density at radius 3 is 3.09 bits per heavy atom. The van der Waals surface area contributed by atoms with Crippen LogP contribution in [-0.4, -0.2) is 24.1 Å². The maximum atomic E-state index is 12.3. The van der Waals surface area contributed by atoms with Crippen LogP contribution in [0.3, 0.4) is 0 Å². The molecule has 1 aromatic carbocycles. The van der Waals surface area contributed by atoms with Gasteiger partial charge in [0, 0.05) is 30.8 Å². The van der Waals surface area contributed by atoms with Crippen LogP contribution in [0.2, 0.25) is 0 Å². The third kappa shape index (κ3) is 3.74. The lowest BCUT2D eigenvalue weighted by Gasteiger charge is -2.10. The SMILES string of the molecule is N#Cc1cc(CNC(=O)c2cccc(C3CCOC3)c2)ccn1. The van der Waals surface area contributed by atoms with Gasteiger partial charge in [0.25, 0.3) is 5.91 Å². The van der Waals surface area contributed by atoms with Crippen molar-refractivity contribution in [3.63, 3.8) is 0 Å². The third-order valence-corrected chi connectivity index (χ3v) is 3.94. The highest BCUT2D eigenvalue weighted by Crippen LogP contribution is 2.25.